The molecule has 1 aliphatic carbocycles. The highest BCUT2D eigenvalue weighted by Gasteiger charge is 2.29. The molecule has 1 saturated carbocycles. The highest BCUT2D eigenvalue weighted by Crippen LogP contribution is 2.27. The molecule has 5 heteroatoms. The molecule has 144 valence electrons. The van der Waals surface area contributed by atoms with Crippen LogP contribution in [-0.2, 0) is 17.8 Å². The number of imidazole rings is 1. The highest BCUT2D eigenvalue weighted by molar-refractivity contribution is 5.79. The van der Waals surface area contributed by atoms with Crippen LogP contribution in [0.25, 0.3) is 0 Å². The molecule has 3 aliphatic rings. The second-order valence-electron chi connectivity index (χ2n) is 8.65. The van der Waals surface area contributed by atoms with Gasteiger partial charge in [-0.25, -0.2) is 4.98 Å². The summed E-state index contributed by atoms with van der Waals surface area (Å²) in [5, 5.41) is 0. The van der Waals surface area contributed by atoms with E-state index in [1.54, 1.807) is 0 Å². The molecule has 1 aromatic heterocycles. The maximum absolute atomic E-state index is 12.7. The number of likely N-dealkylation sites (tertiary alicyclic amines) is 2. The monoisotopic (exact) mass is 358 g/mol. The first-order valence-electron chi connectivity index (χ1n) is 10.8. The molecule has 3 fully saturated rings. The van der Waals surface area contributed by atoms with E-state index >= 15 is 0 Å². The van der Waals surface area contributed by atoms with E-state index in [-0.39, 0.29) is 5.92 Å². The topological polar surface area (TPSA) is 52.2 Å². The van der Waals surface area contributed by atoms with E-state index in [4.69, 9.17) is 0 Å². The fraction of sp³-hybridized carbons (Fsp3) is 0.810. The molecule has 4 rings (SSSR count). The average molecular weight is 359 g/mol. The molecule has 0 radical (unpaired) electrons. The number of rotatable bonds is 5. The number of nitrogens with zero attached hydrogens (tertiary/aromatic N) is 3. The quantitative estimate of drug-likeness (QED) is 0.878. The third-order valence-electron chi connectivity index (χ3n) is 6.64. The van der Waals surface area contributed by atoms with Crippen LogP contribution in [0.4, 0.5) is 0 Å². The molecule has 0 aromatic carbocycles. The fourth-order valence-corrected chi connectivity index (χ4v) is 5.03. The summed E-state index contributed by atoms with van der Waals surface area (Å²) in [6, 6.07) is 0. The summed E-state index contributed by atoms with van der Waals surface area (Å²) < 4.78 is 0. The van der Waals surface area contributed by atoms with E-state index in [1.807, 2.05) is 6.20 Å². The van der Waals surface area contributed by atoms with Crippen molar-refractivity contribution in [2.45, 2.75) is 70.8 Å². The maximum Gasteiger partial charge on any atom is 0.225 e. The Labute approximate surface area is 157 Å². The predicted molar refractivity (Wildman–Crippen MR) is 103 cm³/mol. The van der Waals surface area contributed by atoms with Crippen molar-refractivity contribution in [1.29, 1.82) is 0 Å². The first kappa shape index (κ1) is 18.0. The molecule has 2 saturated heterocycles. The minimum atomic E-state index is 0.254. The van der Waals surface area contributed by atoms with Gasteiger partial charge in [-0.3, -0.25) is 9.69 Å². The van der Waals surface area contributed by atoms with Crippen LogP contribution in [0.1, 0.15) is 69.3 Å². The molecular weight excluding hydrogens is 324 g/mol. The van der Waals surface area contributed by atoms with Crippen LogP contribution < -0.4 is 0 Å². The fourth-order valence-electron chi connectivity index (χ4n) is 5.03. The number of amides is 1. The molecule has 1 N–H and O–H groups in total. The van der Waals surface area contributed by atoms with E-state index in [2.05, 4.69) is 19.8 Å². The van der Waals surface area contributed by atoms with Crippen molar-refractivity contribution in [2.75, 3.05) is 26.2 Å². The van der Waals surface area contributed by atoms with Crippen LogP contribution in [-0.4, -0.2) is 51.9 Å². The van der Waals surface area contributed by atoms with Gasteiger partial charge >= 0.3 is 0 Å². The van der Waals surface area contributed by atoms with Crippen molar-refractivity contribution in [3.05, 3.63) is 17.7 Å². The standard InChI is InChI=1S/C21H34N4O/c26-21(25-10-4-1-5-11-25)18-8-12-24(13-9-18)16-19-15-22-20(23-19)14-17-6-2-3-7-17/h15,17-18H,1-14,16H2,(H,22,23). The van der Waals surface area contributed by atoms with Gasteiger partial charge < -0.3 is 9.88 Å². The first-order valence-corrected chi connectivity index (χ1v) is 10.8. The van der Waals surface area contributed by atoms with Gasteiger partial charge in [-0.05, 0) is 51.1 Å². The maximum atomic E-state index is 12.7. The molecule has 26 heavy (non-hydrogen) atoms. The number of aromatic amines is 1. The Kier molecular flexibility index (Phi) is 5.93. The molecule has 1 aromatic rings. The number of carbonyl (C=O) groups is 1. The number of hydrogen-bond donors (Lipinski definition) is 1. The number of hydrogen-bond acceptors (Lipinski definition) is 3. The van der Waals surface area contributed by atoms with Gasteiger partial charge in [0, 0.05) is 43.9 Å². The van der Waals surface area contributed by atoms with E-state index in [1.165, 1.54) is 56.5 Å². The molecule has 5 nitrogen and oxygen atoms in total. The third kappa shape index (κ3) is 4.48. The zero-order chi connectivity index (χ0) is 17.8. The zero-order valence-corrected chi connectivity index (χ0v) is 16.1. The number of piperidine rings is 2. The lowest BCUT2D eigenvalue weighted by Crippen LogP contribution is -2.44. The van der Waals surface area contributed by atoms with E-state index in [0.717, 1.165) is 57.9 Å². The van der Waals surface area contributed by atoms with Crippen LogP contribution >= 0.6 is 0 Å². The lowest BCUT2D eigenvalue weighted by Gasteiger charge is -2.35. The SMILES string of the molecule is O=C(C1CCN(Cc2cnc(CC3CCCC3)[nH]2)CC1)N1CCCCC1. The van der Waals surface area contributed by atoms with E-state index < -0.39 is 0 Å². The molecular formula is C21H34N4O. The van der Waals surface area contributed by atoms with Crippen LogP contribution in [0, 0.1) is 11.8 Å². The Balaban J connectivity index is 1.22. The Bertz CT molecular complexity index is 579. The van der Waals surface area contributed by atoms with E-state index in [9.17, 15) is 4.79 Å². The predicted octanol–water partition coefficient (Wildman–Crippen LogP) is 3.37. The Hall–Kier alpha value is -1.36. The summed E-state index contributed by atoms with van der Waals surface area (Å²) in [7, 11) is 0. The van der Waals surface area contributed by atoms with Crippen molar-refractivity contribution in [3.8, 4) is 0 Å². The first-order chi connectivity index (χ1) is 12.8. The van der Waals surface area contributed by atoms with Crippen molar-refractivity contribution in [1.82, 2.24) is 19.8 Å². The van der Waals surface area contributed by atoms with Gasteiger partial charge in [-0.15, -0.1) is 0 Å². The second kappa shape index (κ2) is 8.55. The minimum absolute atomic E-state index is 0.254. The Morgan fingerprint density at radius 2 is 1.73 bits per heavy atom. The van der Waals surface area contributed by atoms with Gasteiger partial charge in [0.1, 0.15) is 5.82 Å². The highest BCUT2D eigenvalue weighted by atomic mass is 16.2. The van der Waals surface area contributed by atoms with Crippen LogP contribution in [0.3, 0.4) is 0 Å². The molecule has 2 aliphatic heterocycles. The average Bonchev–Trinajstić information content (AvgIpc) is 3.35. The number of nitrogens with one attached hydrogen (secondary N) is 1. The summed E-state index contributed by atoms with van der Waals surface area (Å²) in [6.07, 6.45) is 14.4. The van der Waals surface area contributed by atoms with Gasteiger partial charge in [-0.2, -0.15) is 0 Å². The van der Waals surface area contributed by atoms with Gasteiger partial charge in [0.15, 0.2) is 0 Å². The zero-order valence-electron chi connectivity index (χ0n) is 16.1. The van der Waals surface area contributed by atoms with Crippen molar-refractivity contribution in [3.63, 3.8) is 0 Å². The van der Waals surface area contributed by atoms with Gasteiger partial charge in [0.25, 0.3) is 0 Å². The summed E-state index contributed by atoms with van der Waals surface area (Å²) in [6.45, 7) is 4.97. The summed E-state index contributed by atoms with van der Waals surface area (Å²) in [4.78, 5) is 25.4. The van der Waals surface area contributed by atoms with Crippen molar-refractivity contribution >= 4 is 5.91 Å². The van der Waals surface area contributed by atoms with Crippen molar-refractivity contribution in [2.24, 2.45) is 11.8 Å². The van der Waals surface area contributed by atoms with Gasteiger partial charge in [-0.1, -0.05) is 25.7 Å². The van der Waals surface area contributed by atoms with E-state index in [0.29, 0.717) is 5.91 Å². The van der Waals surface area contributed by atoms with Crippen LogP contribution in [0.2, 0.25) is 0 Å². The van der Waals surface area contributed by atoms with Gasteiger partial charge in [0.2, 0.25) is 5.91 Å². The molecule has 0 bridgehead atoms. The molecule has 0 unspecified atom stereocenters. The molecule has 0 spiro atoms. The van der Waals surface area contributed by atoms with Gasteiger partial charge in [0.05, 0.1) is 0 Å². The summed E-state index contributed by atoms with van der Waals surface area (Å²) in [5.41, 5.74) is 1.24. The number of aromatic nitrogens is 2. The number of carbonyl (C=O) groups excluding carboxylic acids is 1. The normalized spacial score (nSPS) is 23.6. The smallest absolute Gasteiger partial charge is 0.225 e. The summed E-state index contributed by atoms with van der Waals surface area (Å²) >= 11 is 0. The second-order valence-corrected chi connectivity index (χ2v) is 8.65. The van der Waals surface area contributed by atoms with Crippen LogP contribution in [0.5, 0.6) is 0 Å². The van der Waals surface area contributed by atoms with Crippen molar-refractivity contribution < 1.29 is 4.79 Å². The minimum Gasteiger partial charge on any atom is -0.345 e. The largest absolute Gasteiger partial charge is 0.345 e. The number of H-pyrrole nitrogens is 1. The van der Waals surface area contributed by atoms with Crippen LogP contribution in [0.15, 0.2) is 6.20 Å². The molecule has 1 amide bonds. The molecule has 3 heterocycles. The lowest BCUT2D eigenvalue weighted by molar-refractivity contribution is -0.138. The lowest BCUT2D eigenvalue weighted by atomic mass is 9.94. The Morgan fingerprint density at radius 1 is 1.00 bits per heavy atom. The Morgan fingerprint density at radius 3 is 2.46 bits per heavy atom. The third-order valence-corrected chi connectivity index (χ3v) is 6.64. The summed E-state index contributed by atoms with van der Waals surface area (Å²) in [5.74, 6) is 2.68. The molecule has 0 atom stereocenters.